The van der Waals surface area contributed by atoms with Crippen molar-refractivity contribution in [3.63, 3.8) is 0 Å². The van der Waals surface area contributed by atoms with Gasteiger partial charge in [0.15, 0.2) is 6.04 Å². The highest BCUT2D eigenvalue weighted by molar-refractivity contribution is 7.48. The second-order valence-corrected chi connectivity index (χ2v) is 10.8. The highest BCUT2D eigenvalue weighted by Crippen LogP contribution is 2.45. The van der Waals surface area contributed by atoms with Gasteiger partial charge in [0, 0.05) is 11.8 Å². The molecule has 15 heteroatoms. The minimum absolute atomic E-state index is 0.207. The quantitative estimate of drug-likeness (QED) is 0.160. The highest BCUT2D eigenvalue weighted by Gasteiger charge is 2.39. The molecule has 1 aliphatic heterocycles. The number of hydrogen-bond donors (Lipinski definition) is 3. The summed E-state index contributed by atoms with van der Waals surface area (Å²) in [6.07, 6.45) is -1.75. The first-order chi connectivity index (χ1) is 19.5. The largest absolute Gasteiger partial charge is 0.529 e. The molecule has 0 spiro atoms. The predicted molar refractivity (Wildman–Crippen MR) is 144 cm³/mol. The third-order valence-corrected chi connectivity index (χ3v) is 7.36. The highest BCUT2D eigenvalue weighted by atomic mass is 31.2. The van der Waals surface area contributed by atoms with Crippen LogP contribution in [0.25, 0.3) is 10.8 Å². The Bertz CT molecular complexity index is 1540. The number of aromatic amines is 1. The number of carbonyl (C=O) groups excluding carboxylic acids is 1. The number of benzene rings is 2. The van der Waals surface area contributed by atoms with E-state index in [1.54, 1.807) is 17.1 Å². The first-order valence-electron chi connectivity index (χ1n) is 13.0. The summed E-state index contributed by atoms with van der Waals surface area (Å²) in [5.41, 5.74) is -1.63. The van der Waals surface area contributed by atoms with E-state index in [0.717, 1.165) is 21.8 Å². The van der Waals surface area contributed by atoms with Crippen LogP contribution in [-0.2, 0) is 28.0 Å². The van der Waals surface area contributed by atoms with E-state index in [4.69, 9.17) is 18.6 Å². The van der Waals surface area contributed by atoms with Crippen LogP contribution in [0.5, 0.6) is 0 Å². The Balaban J connectivity index is 1.42. The number of H-pyrrole nitrogens is 1. The van der Waals surface area contributed by atoms with Crippen molar-refractivity contribution in [2.75, 3.05) is 18.3 Å². The monoisotopic (exact) mass is 595 g/mol. The van der Waals surface area contributed by atoms with Gasteiger partial charge in [-0.3, -0.25) is 28.6 Å². The van der Waals surface area contributed by atoms with Gasteiger partial charge in [-0.2, -0.15) is 4.39 Å². The molecule has 4 rings (SSSR count). The minimum Gasteiger partial charge on any atom is -0.390 e. The molecule has 5 atom stereocenters. The number of rotatable bonds is 12. The van der Waals surface area contributed by atoms with Gasteiger partial charge in [0.2, 0.25) is 5.82 Å². The maximum Gasteiger partial charge on any atom is 0.529 e. The lowest BCUT2D eigenvalue weighted by Gasteiger charge is -2.30. The fourth-order valence-electron chi connectivity index (χ4n) is 4.29. The number of aromatic nitrogens is 2. The SMILES string of the molecule is CCCCON(c1cccc2ccccc12)[C@@H](C)C(=O)OP(=O)(O)OC[C@H]1O[C@@H](n2cc(F)c(=O)[nH]c2=O)C[C@@H]1O. The Morgan fingerprint density at radius 1 is 1.27 bits per heavy atom. The molecule has 1 unspecified atom stereocenters. The summed E-state index contributed by atoms with van der Waals surface area (Å²) in [4.78, 5) is 54.2. The van der Waals surface area contributed by atoms with E-state index in [2.05, 4.69) is 0 Å². The number of aliphatic hydroxyl groups excluding tert-OH is 1. The molecular formula is C26H31FN3O10P. The first kappa shape index (κ1) is 30.6. The van der Waals surface area contributed by atoms with Crippen LogP contribution < -0.4 is 16.3 Å². The Kier molecular flexibility index (Phi) is 9.74. The van der Waals surface area contributed by atoms with Gasteiger partial charge in [0.25, 0.3) is 5.56 Å². The number of hydrogen-bond acceptors (Lipinski definition) is 10. The Labute approximate surface area is 233 Å². The molecule has 41 heavy (non-hydrogen) atoms. The van der Waals surface area contributed by atoms with Crippen LogP contribution >= 0.6 is 7.82 Å². The molecule has 2 aromatic carbocycles. The summed E-state index contributed by atoms with van der Waals surface area (Å²) in [5.74, 6) is -2.35. The van der Waals surface area contributed by atoms with E-state index in [-0.39, 0.29) is 13.0 Å². The first-order valence-corrected chi connectivity index (χ1v) is 14.5. The summed E-state index contributed by atoms with van der Waals surface area (Å²) >= 11 is 0. The average molecular weight is 596 g/mol. The molecule has 1 aromatic heterocycles. The molecule has 222 valence electrons. The number of carbonyl (C=O) groups is 1. The molecule has 0 aliphatic carbocycles. The zero-order valence-electron chi connectivity index (χ0n) is 22.3. The van der Waals surface area contributed by atoms with Crippen molar-refractivity contribution < 1.29 is 42.4 Å². The zero-order valence-corrected chi connectivity index (χ0v) is 23.2. The van der Waals surface area contributed by atoms with Crippen molar-refractivity contribution in [1.82, 2.24) is 9.55 Å². The van der Waals surface area contributed by atoms with Crippen molar-refractivity contribution in [3.8, 4) is 0 Å². The van der Waals surface area contributed by atoms with Crippen molar-refractivity contribution in [3.05, 3.63) is 75.3 Å². The molecule has 0 saturated carbocycles. The third kappa shape index (κ3) is 7.28. The summed E-state index contributed by atoms with van der Waals surface area (Å²) in [6.45, 7) is 3.01. The third-order valence-electron chi connectivity index (χ3n) is 6.47. The van der Waals surface area contributed by atoms with Crippen LogP contribution in [0.4, 0.5) is 10.1 Å². The maximum absolute atomic E-state index is 13.6. The van der Waals surface area contributed by atoms with Crippen LogP contribution in [0, 0.1) is 5.82 Å². The number of nitrogens with zero attached hydrogens (tertiary/aromatic N) is 2. The summed E-state index contributed by atoms with van der Waals surface area (Å²) < 4.78 is 42.3. The second-order valence-electron chi connectivity index (χ2n) is 9.44. The van der Waals surface area contributed by atoms with Crippen molar-refractivity contribution in [2.24, 2.45) is 0 Å². The lowest BCUT2D eigenvalue weighted by atomic mass is 10.1. The average Bonchev–Trinajstić information content (AvgIpc) is 3.31. The van der Waals surface area contributed by atoms with Gasteiger partial charge in [0.05, 0.1) is 31.2 Å². The van der Waals surface area contributed by atoms with Crippen LogP contribution in [0.15, 0.2) is 58.3 Å². The topological polar surface area (TPSA) is 170 Å². The van der Waals surface area contributed by atoms with Gasteiger partial charge >= 0.3 is 19.5 Å². The number of phosphoric ester groups is 1. The molecule has 1 aliphatic rings. The van der Waals surface area contributed by atoms with Crippen LogP contribution in [0.1, 0.15) is 39.3 Å². The maximum atomic E-state index is 13.6. The Morgan fingerprint density at radius 2 is 2.00 bits per heavy atom. The number of ether oxygens (including phenoxy) is 1. The number of hydroxylamine groups is 1. The number of nitrogens with one attached hydrogen (secondary N) is 1. The molecule has 3 N–H and O–H groups in total. The Hall–Kier alpha value is -3.39. The van der Waals surface area contributed by atoms with Crippen LogP contribution in [-0.4, -0.2) is 57.0 Å². The van der Waals surface area contributed by atoms with Gasteiger partial charge in [-0.05, 0) is 24.8 Å². The van der Waals surface area contributed by atoms with Crippen molar-refractivity contribution in [2.45, 2.75) is 57.6 Å². The lowest BCUT2D eigenvalue weighted by Crippen LogP contribution is -2.40. The predicted octanol–water partition coefficient (Wildman–Crippen LogP) is 2.76. The summed E-state index contributed by atoms with van der Waals surface area (Å²) in [6, 6.07) is 11.7. The fraction of sp³-hybridized carbons (Fsp3) is 0.423. The number of anilines is 1. The molecule has 0 amide bonds. The van der Waals surface area contributed by atoms with Gasteiger partial charge in [-0.25, -0.2) is 19.2 Å². The van der Waals surface area contributed by atoms with Crippen molar-refractivity contribution >= 4 is 30.3 Å². The van der Waals surface area contributed by atoms with E-state index >= 15 is 0 Å². The molecule has 2 heterocycles. The fourth-order valence-corrected chi connectivity index (χ4v) is 5.06. The second kappa shape index (κ2) is 13.1. The molecule has 13 nitrogen and oxygen atoms in total. The summed E-state index contributed by atoms with van der Waals surface area (Å²) in [5, 5.41) is 13.3. The number of phosphoric acid groups is 1. The molecule has 0 bridgehead atoms. The van der Waals surface area contributed by atoms with E-state index < -0.39 is 61.9 Å². The molecule has 0 radical (unpaired) electrons. The Morgan fingerprint density at radius 3 is 2.76 bits per heavy atom. The molecular weight excluding hydrogens is 564 g/mol. The van der Waals surface area contributed by atoms with Gasteiger partial charge in [-0.1, -0.05) is 49.7 Å². The van der Waals surface area contributed by atoms with E-state index in [0.29, 0.717) is 18.3 Å². The number of unbranched alkanes of at least 4 members (excludes halogenated alkanes) is 1. The smallest absolute Gasteiger partial charge is 0.390 e. The number of fused-ring (bicyclic) bond motifs is 1. The minimum atomic E-state index is -5.01. The van der Waals surface area contributed by atoms with Crippen LogP contribution in [0.3, 0.4) is 0 Å². The standard InChI is InChI=1S/C26H31FN3O10P/c1-3-4-12-37-30(20-11-7-9-17-8-5-6-10-18(17)20)16(2)25(33)40-41(35,36)38-15-22-21(31)13-23(39-22)29-14-19(27)24(32)28-26(29)34/h5-11,14,16,21-23,31H,3-4,12-13,15H2,1-2H3,(H,35,36)(H,28,32,34)/t16-,21-,22+,23+/m0/s1. The van der Waals surface area contributed by atoms with Crippen molar-refractivity contribution in [1.29, 1.82) is 0 Å². The zero-order chi connectivity index (χ0) is 29.7. The molecule has 1 saturated heterocycles. The number of aliphatic hydroxyl groups is 1. The number of halogens is 1. The van der Waals surface area contributed by atoms with Gasteiger partial charge < -0.3 is 14.4 Å². The normalized spacial score (nSPS) is 21.0. The van der Waals surface area contributed by atoms with Crippen LogP contribution in [0.2, 0.25) is 0 Å². The van der Waals surface area contributed by atoms with Gasteiger partial charge in [-0.15, -0.1) is 0 Å². The van der Waals surface area contributed by atoms with E-state index in [1.807, 2.05) is 37.3 Å². The molecule has 1 fully saturated rings. The lowest BCUT2D eigenvalue weighted by molar-refractivity contribution is -0.139. The van der Waals surface area contributed by atoms with E-state index in [9.17, 15) is 33.3 Å². The summed E-state index contributed by atoms with van der Waals surface area (Å²) in [7, 11) is -5.01. The molecule has 3 aromatic rings. The van der Waals surface area contributed by atoms with Gasteiger partial charge in [0.1, 0.15) is 12.3 Å². The van der Waals surface area contributed by atoms with E-state index in [1.165, 1.54) is 12.0 Å².